The summed E-state index contributed by atoms with van der Waals surface area (Å²) in [7, 11) is -1.85. The van der Waals surface area contributed by atoms with Crippen LogP contribution in [0.1, 0.15) is 18.9 Å². The molecule has 0 fully saturated rings. The monoisotopic (exact) mass is 258 g/mol. The number of hydrogen-bond donors (Lipinski definition) is 2. The van der Waals surface area contributed by atoms with E-state index < -0.39 is 12.9 Å². The molecule has 0 aliphatic heterocycles. The van der Waals surface area contributed by atoms with Gasteiger partial charge in [-0.2, -0.15) is 0 Å². The van der Waals surface area contributed by atoms with Crippen LogP contribution in [0.15, 0.2) is 30.3 Å². The summed E-state index contributed by atoms with van der Waals surface area (Å²) in [4.78, 5) is 0. The maximum atomic E-state index is 8.55. The van der Waals surface area contributed by atoms with E-state index in [9.17, 15) is 0 Å². The van der Waals surface area contributed by atoms with Crippen molar-refractivity contribution in [1.82, 2.24) is 0 Å². The summed E-state index contributed by atoms with van der Waals surface area (Å²) in [6, 6.07) is 9.77. The van der Waals surface area contributed by atoms with Gasteiger partial charge in [-0.1, -0.05) is 41.9 Å². The molecule has 0 spiro atoms. The lowest BCUT2D eigenvalue weighted by Crippen LogP contribution is -2.25. The van der Waals surface area contributed by atoms with Gasteiger partial charge in [0.2, 0.25) is 0 Å². The lowest BCUT2D eigenvalue weighted by Gasteiger charge is -2.17. The number of alkyl halides is 1. The van der Waals surface area contributed by atoms with Gasteiger partial charge in [-0.05, 0) is 12.5 Å². The molecule has 4 nitrogen and oxygen atoms in total. The highest BCUT2D eigenvalue weighted by molar-refractivity contribution is 6.34. The topological polar surface area (TPSA) is 58.9 Å². The predicted molar refractivity (Wildman–Crippen MR) is 66.2 cm³/mol. The number of ether oxygens (including phenoxy) is 1. The van der Waals surface area contributed by atoms with Crippen LogP contribution in [0.2, 0.25) is 0 Å². The van der Waals surface area contributed by atoms with Gasteiger partial charge >= 0.3 is 7.32 Å². The fraction of sp³-hybridized carbons (Fsp3) is 0.455. The Morgan fingerprint density at radius 3 is 2.53 bits per heavy atom. The molecule has 0 aromatic heterocycles. The van der Waals surface area contributed by atoms with Gasteiger partial charge in [0, 0.05) is 6.42 Å². The molecule has 6 heteroatoms. The van der Waals surface area contributed by atoms with Gasteiger partial charge in [0.15, 0.2) is 0 Å². The Morgan fingerprint density at radius 2 is 1.94 bits per heavy atom. The summed E-state index contributed by atoms with van der Waals surface area (Å²) < 4.78 is 10.1. The van der Waals surface area contributed by atoms with E-state index in [1.54, 1.807) is 0 Å². The summed E-state index contributed by atoms with van der Waals surface area (Å²) in [6.07, 6.45) is 0.253. The van der Waals surface area contributed by atoms with Crippen LogP contribution in [0.4, 0.5) is 0 Å². The first-order valence-electron chi connectivity index (χ1n) is 5.39. The van der Waals surface area contributed by atoms with Crippen molar-refractivity contribution in [3.05, 3.63) is 35.9 Å². The number of hydrogen-bond acceptors (Lipinski definition) is 4. The lowest BCUT2D eigenvalue weighted by atomic mass is 10.2. The van der Waals surface area contributed by atoms with E-state index in [0.29, 0.717) is 13.0 Å². The molecule has 0 heterocycles. The van der Waals surface area contributed by atoms with Gasteiger partial charge in [0.1, 0.15) is 5.56 Å². The van der Waals surface area contributed by atoms with E-state index in [4.69, 9.17) is 26.4 Å². The van der Waals surface area contributed by atoms with E-state index in [1.807, 2.05) is 37.3 Å². The minimum Gasteiger partial charge on any atom is -0.402 e. The fourth-order valence-corrected chi connectivity index (χ4v) is 1.67. The Hall–Kier alpha value is -0.585. The third-order valence-electron chi connectivity index (χ3n) is 2.16. The van der Waals surface area contributed by atoms with E-state index in [2.05, 4.69) is 4.65 Å². The van der Waals surface area contributed by atoms with E-state index in [0.717, 1.165) is 5.56 Å². The number of benzene rings is 1. The maximum Gasteiger partial charge on any atom is 0.635 e. The largest absolute Gasteiger partial charge is 0.635 e. The van der Waals surface area contributed by atoms with Gasteiger partial charge < -0.3 is 19.4 Å². The Labute approximate surface area is 106 Å². The molecular formula is C11H16BClO4. The maximum absolute atomic E-state index is 8.55. The molecule has 0 aliphatic rings. The van der Waals surface area contributed by atoms with E-state index >= 15 is 0 Å². The molecular weight excluding hydrogens is 242 g/mol. The lowest BCUT2D eigenvalue weighted by molar-refractivity contribution is 0.0270. The molecule has 2 N–H and O–H groups in total. The molecule has 0 aliphatic carbocycles. The number of rotatable bonds is 7. The van der Waals surface area contributed by atoms with Gasteiger partial charge in [0.25, 0.3) is 0 Å². The normalized spacial score (nSPS) is 14.4. The van der Waals surface area contributed by atoms with Crippen LogP contribution in [0.3, 0.4) is 0 Å². The molecule has 94 valence electrons. The zero-order chi connectivity index (χ0) is 12.7. The zero-order valence-electron chi connectivity index (χ0n) is 9.62. The molecule has 0 saturated heterocycles. The van der Waals surface area contributed by atoms with Crippen molar-refractivity contribution >= 4 is 18.9 Å². The Kier molecular flexibility index (Phi) is 6.54. The Bertz CT molecular complexity index is 310. The second-order valence-corrected chi connectivity index (χ2v) is 4.20. The molecule has 17 heavy (non-hydrogen) atoms. The molecule has 2 atom stereocenters. The van der Waals surface area contributed by atoms with Crippen molar-refractivity contribution in [3.63, 3.8) is 0 Å². The highest BCUT2D eigenvalue weighted by atomic mass is 35.5. The van der Waals surface area contributed by atoms with E-state index in [-0.39, 0.29) is 6.10 Å². The molecule has 1 rings (SSSR count). The van der Waals surface area contributed by atoms with Crippen LogP contribution in [0.25, 0.3) is 0 Å². The zero-order valence-corrected chi connectivity index (χ0v) is 10.4. The van der Waals surface area contributed by atoms with Crippen LogP contribution >= 0.6 is 11.6 Å². The predicted octanol–water partition coefficient (Wildman–Crippen LogP) is 1.53. The van der Waals surface area contributed by atoms with Crippen molar-refractivity contribution in [2.75, 3.05) is 0 Å². The summed E-state index contributed by atoms with van der Waals surface area (Å²) in [5.41, 5.74) is 0.300. The third-order valence-corrected chi connectivity index (χ3v) is 2.45. The molecule has 1 unspecified atom stereocenters. The number of halogens is 1. The molecule has 0 radical (unpaired) electrons. The Balaban J connectivity index is 2.23. The minimum atomic E-state index is -1.85. The van der Waals surface area contributed by atoms with Crippen LogP contribution in [0, 0.1) is 0 Å². The minimum absolute atomic E-state index is 0.128. The molecule has 1 aromatic rings. The van der Waals surface area contributed by atoms with Crippen LogP contribution in [0.5, 0.6) is 0 Å². The highest BCUT2D eigenvalue weighted by Gasteiger charge is 2.18. The Morgan fingerprint density at radius 1 is 1.29 bits per heavy atom. The third kappa shape index (κ3) is 6.66. The van der Waals surface area contributed by atoms with Gasteiger partial charge in [-0.15, -0.1) is 0 Å². The summed E-state index contributed by atoms with van der Waals surface area (Å²) in [5.74, 6) is 0. The van der Waals surface area contributed by atoms with Gasteiger partial charge in [-0.3, -0.25) is 0 Å². The van der Waals surface area contributed by atoms with Crippen molar-refractivity contribution in [2.45, 2.75) is 31.6 Å². The second kappa shape index (κ2) is 7.69. The summed E-state index contributed by atoms with van der Waals surface area (Å²) in [5, 5.41) is 17.1. The average molecular weight is 259 g/mol. The van der Waals surface area contributed by atoms with Crippen molar-refractivity contribution in [3.8, 4) is 0 Å². The highest BCUT2D eigenvalue weighted by Crippen LogP contribution is 2.12. The molecule has 1 aromatic carbocycles. The summed E-state index contributed by atoms with van der Waals surface area (Å²) in [6.45, 7) is 2.35. The quantitative estimate of drug-likeness (QED) is 0.575. The van der Waals surface area contributed by atoms with E-state index in [1.165, 1.54) is 0 Å². The van der Waals surface area contributed by atoms with Crippen LogP contribution in [-0.2, 0) is 16.0 Å². The molecule has 0 bridgehead atoms. The SMILES string of the molecule is CC(C[C@H](Cl)OB(O)O)OCc1ccccc1. The standard InChI is InChI=1S/C11H16BClO4/c1-9(7-11(13)17-12(14)15)16-8-10-5-3-2-4-6-10/h2-6,9,11,14-15H,7-8H2,1H3/t9?,11-/m1/s1. The first kappa shape index (κ1) is 14.5. The van der Waals surface area contributed by atoms with Crippen LogP contribution in [-0.4, -0.2) is 29.0 Å². The first-order valence-corrected chi connectivity index (χ1v) is 5.82. The van der Waals surface area contributed by atoms with Crippen molar-refractivity contribution < 1.29 is 19.4 Å². The van der Waals surface area contributed by atoms with Gasteiger partial charge in [0.05, 0.1) is 12.7 Å². The smallest absolute Gasteiger partial charge is 0.402 e. The fourth-order valence-electron chi connectivity index (χ4n) is 1.33. The van der Waals surface area contributed by atoms with Crippen molar-refractivity contribution in [2.24, 2.45) is 0 Å². The molecule has 0 amide bonds. The average Bonchev–Trinajstić information content (AvgIpc) is 2.26. The summed E-state index contributed by atoms with van der Waals surface area (Å²) >= 11 is 5.73. The first-order chi connectivity index (χ1) is 8.08. The van der Waals surface area contributed by atoms with Crippen molar-refractivity contribution in [1.29, 1.82) is 0 Å². The molecule has 0 saturated carbocycles. The second-order valence-electron chi connectivity index (χ2n) is 3.72. The van der Waals surface area contributed by atoms with Crippen LogP contribution < -0.4 is 0 Å². The van der Waals surface area contributed by atoms with Gasteiger partial charge in [-0.25, -0.2) is 0 Å².